The quantitative estimate of drug-likeness (QED) is 0.586. The number of aromatic nitrogens is 2. The van der Waals surface area contributed by atoms with Crippen LogP contribution in [0.2, 0.25) is 0 Å². The predicted molar refractivity (Wildman–Crippen MR) is 110 cm³/mol. The average molecular weight is 435 g/mol. The summed E-state index contributed by atoms with van der Waals surface area (Å²) in [7, 11) is -3.87. The molecule has 3 rings (SSSR count). The highest BCUT2D eigenvalue weighted by Gasteiger charge is 2.16. The molecule has 0 aliphatic rings. The van der Waals surface area contributed by atoms with Gasteiger partial charge in [0.1, 0.15) is 10.8 Å². The fraction of sp³-hybridized carbons (Fsp3) is 0.211. The number of amides is 1. The maximum atomic E-state index is 13.4. The Bertz CT molecular complexity index is 1130. The van der Waals surface area contributed by atoms with Crippen LogP contribution >= 0.6 is 11.3 Å². The summed E-state index contributed by atoms with van der Waals surface area (Å²) in [6, 6.07) is 9.51. The molecule has 1 amide bonds. The van der Waals surface area contributed by atoms with Gasteiger partial charge in [-0.1, -0.05) is 18.3 Å². The zero-order chi connectivity index (χ0) is 21.0. The van der Waals surface area contributed by atoms with Gasteiger partial charge in [0.2, 0.25) is 5.13 Å². The minimum atomic E-state index is -3.87. The number of anilines is 2. The highest BCUT2D eigenvalue weighted by atomic mass is 32.2. The molecule has 0 saturated heterocycles. The van der Waals surface area contributed by atoms with Crippen molar-refractivity contribution >= 4 is 38.1 Å². The molecule has 0 spiro atoms. The third-order valence-electron chi connectivity index (χ3n) is 3.99. The van der Waals surface area contributed by atoms with E-state index in [1.165, 1.54) is 54.7 Å². The van der Waals surface area contributed by atoms with Gasteiger partial charge in [0.15, 0.2) is 0 Å². The molecule has 0 aliphatic heterocycles. The lowest BCUT2D eigenvalue weighted by atomic mass is 10.2. The molecule has 152 valence electrons. The van der Waals surface area contributed by atoms with Crippen molar-refractivity contribution in [2.24, 2.45) is 0 Å². The zero-order valence-corrected chi connectivity index (χ0v) is 17.4. The van der Waals surface area contributed by atoms with Crippen LogP contribution in [0, 0.1) is 12.7 Å². The monoisotopic (exact) mass is 434 g/mol. The van der Waals surface area contributed by atoms with Gasteiger partial charge in [-0.2, -0.15) is 0 Å². The van der Waals surface area contributed by atoms with E-state index in [4.69, 9.17) is 0 Å². The number of aryl methyl sites for hydroxylation is 2. The van der Waals surface area contributed by atoms with Gasteiger partial charge in [0.05, 0.1) is 4.90 Å². The minimum Gasteiger partial charge on any atom is -0.296 e. The van der Waals surface area contributed by atoms with Gasteiger partial charge in [0.25, 0.3) is 15.9 Å². The second-order valence-corrected chi connectivity index (χ2v) is 9.04. The fourth-order valence-corrected chi connectivity index (χ4v) is 4.46. The molecule has 0 atom stereocenters. The van der Waals surface area contributed by atoms with Gasteiger partial charge < -0.3 is 0 Å². The molecular weight excluding hydrogens is 415 g/mol. The van der Waals surface area contributed by atoms with Crippen molar-refractivity contribution in [3.63, 3.8) is 0 Å². The summed E-state index contributed by atoms with van der Waals surface area (Å²) in [5.74, 6) is -0.843. The molecule has 7 nitrogen and oxygen atoms in total. The maximum absolute atomic E-state index is 13.4. The van der Waals surface area contributed by atoms with Gasteiger partial charge >= 0.3 is 0 Å². The molecule has 29 heavy (non-hydrogen) atoms. The van der Waals surface area contributed by atoms with Crippen molar-refractivity contribution in [3.05, 3.63) is 64.4 Å². The summed E-state index contributed by atoms with van der Waals surface area (Å²) in [5.41, 5.74) is 0.862. The van der Waals surface area contributed by atoms with Gasteiger partial charge in [-0.15, -0.1) is 10.2 Å². The first-order valence-corrected chi connectivity index (χ1v) is 11.1. The maximum Gasteiger partial charge on any atom is 0.261 e. The molecule has 0 saturated carbocycles. The van der Waals surface area contributed by atoms with E-state index in [9.17, 15) is 17.6 Å². The molecule has 3 aromatic rings. The largest absolute Gasteiger partial charge is 0.296 e. The Morgan fingerprint density at radius 3 is 2.52 bits per heavy atom. The van der Waals surface area contributed by atoms with Gasteiger partial charge in [-0.25, -0.2) is 12.8 Å². The van der Waals surface area contributed by atoms with Crippen molar-refractivity contribution in [3.8, 4) is 0 Å². The van der Waals surface area contributed by atoms with Crippen LogP contribution in [-0.4, -0.2) is 24.5 Å². The molecule has 0 fully saturated rings. The Morgan fingerprint density at radius 2 is 1.86 bits per heavy atom. The number of halogens is 1. The molecule has 0 unspecified atom stereocenters. The molecule has 0 bridgehead atoms. The minimum absolute atomic E-state index is 0.0441. The van der Waals surface area contributed by atoms with E-state index < -0.39 is 15.8 Å². The summed E-state index contributed by atoms with van der Waals surface area (Å²) in [6.45, 7) is 3.53. The standard InChI is InChI=1S/C19H19FN4O3S2/c1-3-4-17-22-23-19(28-17)21-18(25)13-5-7-14(8-6-13)24-29(26,27)15-9-10-16(20)12(2)11-15/h5-11,24H,3-4H2,1-2H3,(H,21,23,25). The number of benzene rings is 2. The van der Waals surface area contributed by atoms with E-state index in [0.717, 1.165) is 23.9 Å². The fourth-order valence-electron chi connectivity index (χ4n) is 2.48. The Morgan fingerprint density at radius 1 is 1.14 bits per heavy atom. The van der Waals surface area contributed by atoms with Gasteiger partial charge in [-0.05, 0) is 61.4 Å². The van der Waals surface area contributed by atoms with Crippen molar-refractivity contribution in [2.75, 3.05) is 10.0 Å². The number of nitrogens with zero attached hydrogens (tertiary/aromatic N) is 2. The summed E-state index contributed by atoms with van der Waals surface area (Å²) in [4.78, 5) is 12.3. The lowest BCUT2D eigenvalue weighted by Gasteiger charge is -2.09. The normalized spacial score (nSPS) is 11.3. The summed E-state index contributed by atoms with van der Waals surface area (Å²) < 4.78 is 40.7. The second kappa shape index (κ2) is 8.66. The van der Waals surface area contributed by atoms with Crippen molar-refractivity contribution < 1.29 is 17.6 Å². The SMILES string of the molecule is CCCc1nnc(NC(=O)c2ccc(NS(=O)(=O)c3ccc(F)c(C)c3)cc2)s1. The van der Waals surface area contributed by atoms with Gasteiger partial charge in [0, 0.05) is 17.7 Å². The van der Waals surface area contributed by atoms with E-state index in [1.54, 1.807) is 0 Å². The third kappa shape index (κ3) is 5.15. The smallest absolute Gasteiger partial charge is 0.261 e. The number of hydrogen-bond donors (Lipinski definition) is 2. The van der Waals surface area contributed by atoms with Crippen LogP contribution in [0.3, 0.4) is 0 Å². The molecule has 2 N–H and O–H groups in total. The zero-order valence-electron chi connectivity index (χ0n) is 15.8. The first-order valence-electron chi connectivity index (χ1n) is 8.81. The van der Waals surface area contributed by atoms with E-state index in [2.05, 4.69) is 20.2 Å². The summed E-state index contributed by atoms with van der Waals surface area (Å²) in [5, 5.41) is 11.9. The molecular formula is C19H19FN4O3S2. The predicted octanol–water partition coefficient (Wildman–Crippen LogP) is 3.99. The highest BCUT2D eigenvalue weighted by Crippen LogP contribution is 2.20. The Hall–Kier alpha value is -2.85. The second-order valence-electron chi connectivity index (χ2n) is 6.30. The van der Waals surface area contributed by atoms with E-state index in [-0.39, 0.29) is 22.1 Å². The molecule has 0 aliphatic carbocycles. The number of carbonyl (C=O) groups is 1. The topological polar surface area (TPSA) is 101 Å². The summed E-state index contributed by atoms with van der Waals surface area (Å²) >= 11 is 1.32. The van der Waals surface area contributed by atoms with E-state index in [0.29, 0.717) is 10.7 Å². The first kappa shape index (κ1) is 20.9. The summed E-state index contributed by atoms with van der Waals surface area (Å²) in [6.07, 6.45) is 1.74. The van der Waals surface area contributed by atoms with Crippen LogP contribution in [0.5, 0.6) is 0 Å². The Labute approximate surface area is 172 Å². The van der Waals surface area contributed by atoms with Crippen LogP contribution in [0.25, 0.3) is 0 Å². The Balaban J connectivity index is 1.68. The van der Waals surface area contributed by atoms with E-state index >= 15 is 0 Å². The first-order chi connectivity index (χ1) is 13.8. The molecule has 1 aromatic heterocycles. The Kier molecular flexibility index (Phi) is 6.23. The van der Waals surface area contributed by atoms with Crippen molar-refractivity contribution in [1.29, 1.82) is 0 Å². The average Bonchev–Trinajstić information content (AvgIpc) is 3.11. The molecule has 0 radical (unpaired) electrons. The number of sulfonamides is 1. The lowest BCUT2D eigenvalue weighted by molar-refractivity contribution is 0.102. The van der Waals surface area contributed by atoms with Gasteiger partial charge in [-0.3, -0.25) is 14.8 Å². The van der Waals surface area contributed by atoms with Crippen LogP contribution in [0.4, 0.5) is 15.2 Å². The number of nitrogens with one attached hydrogen (secondary N) is 2. The molecule has 1 heterocycles. The number of carbonyl (C=O) groups excluding carboxylic acids is 1. The van der Waals surface area contributed by atoms with Crippen LogP contribution in [-0.2, 0) is 16.4 Å². The molecule has 10 heteroatoms. The number of hydrogen-bond acceptors (Lipinski definition) is 6. The highest BCUT2D eigenvalue weighted by molar-refractivity contribution is 7.92. The van der Waals surface area contributed by atoms with Crippen LogP contribution in [0.1, 0.15) is 34.3 Å². The third-order valence-corrected chi connectivity index (χ3v) is 6.27. The van der Waals surface area contributed by atoms with Crippen molar-refractivity contribution in [1.82, 2.24) is 10.2 Å². The van der Waals surface area contributed by atoms with Crippen molar-refractivity contribution in [2.45, 2.75) is 31.6 Å². The van der Waals surface area contributed by atoms with Crippen LogP contribution < -0.4 is 10.0 Å². The molecule has 2 aromatic carbocycles. The van der Waals surface area contributed by atoms with E-state index in [1.807, 2.05) is 6.92 Å². The lowest BCUT2D eigenvalue weighted by Crippen LogP contribution is -2.14. The number of rotatable bonds is 7. The van der Waals surface area contributed by atoms with Crippen LogP contribution in [0.15, 0.2) is 47.4 Å².